The van der Waals surface area contributed by atoms with Crippen LogP contribution in [-0.2, 0) is 28.0 Å². The molecule has 11 heteroatoms. The number of benzene rings is 3. The first-order valence-electron chi connectivity index (χ1n) is 12.8. The number of halogens is 2. The highest BCUT2D eigenvalue weighted by Crippen LogP contribution is 2.45. The molecule has 3 aromatic carbocycles. The van der Waals surface area contributed by atoms with Gasteiger partial charge in [-0.1, -0.05) is 48.0 Å². The largest absolute Gasteiger partial charge is 0.481 e. The van der Waals surface area contributed by atoms with E-state index in [4.69, 9.17) is 27.5 Å². The van der Waals surface area contributed by atoms with E-state index in [0.29, 0.717) is 40.6 Å². The van der Waals surface area contributed by atoms with Gasteiger partial charge in [-0.15, -0.1) is 0 Å². The zero-order valence-electron chi connectivity index (χ0n) is 21.9. The number of nitrogens with zero attached hydrogens (tertiary/aromatic N) is 4. The molecule has 5 aromatic rings. The van der Waals surface area contributed by atoms with Crippen molar-refractivity contribution in [2.75, 3.05) is 11.1 Å². The standard InChI is InChI=1S/C30H24ClFN6O3/c1-30(18-7-2-16(3-8-18)6-13-23(39)40)24-26(33)34-28(35-27(24)36-29(30)41)25-21-12-9-19(31)14-22(21)38(37-25)15-17-4-10-20(32)11-5-17/h2-5,7-12,14H,6,13,15H2,1H3,(H,39,40)(H3,33,34,35,36,41). The molecule has 41 heavy (non-hydrogen) atoms. The van der Waals surface area contributed by atoms with Crippen molar-refractivity contribution < 1.29 is 19.1 Å². The Kier molecular flexibility index (Phi) is 6.42. The van der Waals surface area contributed by atoms with Crippen LogP contribution in [0.3, 0.4) is 0 Å². The van der Waals surface area contributed by atoms with E-state index in [1.165, 1.54) is 12.1 Å². The van der Waals surface area contributed by atoms with Gasteiger partial charge < -0.3 is 16.2 Å². The highest BCUT2D eigenvalue weighted by molar-refractivity contribution is 6.31. The van der Waals surface area contributed by atoms with Gasteiger partial charge >= 0.3 is 5.97 Å². The number of carbonyl (C=O) groups excluding carboxylic acids is 1. The highest BCUT2D eigenvalue weighted by atomic mass is 35.5. The first-order valence-corrected chi connectivity index (χ1v) is 13.2. The Morgan fingerprint density at radius 3 is 2.49 bits per heavy atom. The van der Waals surface area contributed by atoms with Crippen LogP contribution in [0, 0.1) is 5.82 Å². The van der Waals surface area contributed by atoms with E-state index < -0.39 is 11.4 Å². The third-order valence-corrected chi connectivity index (χ3v) is 7.69. The van der Waals surface area contributed by atoms with Gasteiger partial charge in [-0.3, -0.25) is 14.3 Å². The topological polar surface area (TPSA) is 136 Å². The lowest BCUT2D eigenvalue weighted by molar-refractivity contribution is -0.137. The molecule has 0 bridgehead atoms. The van der Waals surface area contributed by atoms with Gasteiger partial charge in [-0.05, 0) is 60.4 Å². The van der Waals surface area contributed by atoms with E-state index in [0.717, 1.165) is 22.0 Å². The molecule has 1 atom stereocenters. The molecular formula is C30H24ClFN6O3. The fraction of sp³-hybridized carbons (Fsp3) is 0.167. The maximum Gasteiger partial charge on any atom is 0.303 e. The number of aromatic nitrogens is 4. The summed E-state index contributed by atoms with van der Waals surface area (Å²) < 4.78 is 15.2. The number of carboxylic acids is 1. The lowest BCUT2D eigenvalue weighted by atomic mass is 9.77. The second-order valence-corrected chi connectivity index (χ2v) is 10.6. The van der Waals surface area contributed by atoms with Crippen molar-refractivity contribution in [3.05, 3.63) is 99.8 Å². The normalized spacial score (nSPS) is 16.1. The van der Waals surface area contributed by atoms with Crippen LogP contribution in [0.25, 0.3) is 22.4 Å². The molecule has 206 valence electrons. The minimum absolute atomic E-state index is 0.0179. The van der Waals surface area contributed by atoms with Crippen molar-refractivity contribution in [3.8, 4) is 11.5 Å². The molecule has 3 heterocycles. The monoisotopic (exact) mass is 570 g/mol. The van der Waals surface area contributed by atoms with Crippen LogP contribution in [-0.4, -0.2) is 36.7 Å². The van der Waals surface area contributed by atoms with Gasteiger partial charge in [0.15, 0.2) is 5.82 Å². The molecule has 0 aliphatic carbocycles. The number of rotatable bonds is 7. The summed E-state index contributed by atoms with van der Waals surface area (Å²) in [6, 6.07) is 18.7. The molecule has 0 saturated heterocycles. The van der Waals surface area contributed by atoms with Gasteiger partial charge in [-0.2, -0.15) is 5.10 Å². The van der Waals surface area contributed by atoms with E-state index in [-0.39, 0.29) is 29.8 Å². The second-order valence-electron chi connectivity index (χ2n) is 10.1. The fourth-order valence-electron chi connectivity index (χ4n) is 5.24. The molecule has 9 nitrogen and oxygen atoms in total. The molecule has 0 spiro atoms. The van der Waals surface area contributed by atoms with Gasteiger partial charge in [0.25, 0.3) is 0 Å². The van der Waals surface area contributed by atoms with Crippen molar-refractivity contribution in [2.24, 2.45) is 0 Å². The molecule has 1 amide bonds. The van der Waals surface area contributed by atoms with Crippen LogP contribution in [0.5, 0.6) is 0 Å². The Bertz CT molecular complexity index is 1840. The number of nitrogens with two attached hydrogens (primary N) is 1. The summed E-state index contributed by atoms with van der Waals surface area (Å²) in [5.74, 6) is -0.835. The minimum Gasteiger partial charge on any atom is -0.481 e. The molecular weight excluding hydrogens is 547 g/mol. The van der Waals surface area contributed by atoms with Gasteiger partial charge in [0, 0.05) is 16.8 Å². The smallest absolute Gasteiger partial charge is 0.303 e. The number of carboxylic acid groups (broad SMARTS) is 1. The zero-order valence-corrected chi connectivity index (χ0v) is 22.6. The lowest BCUT2D eigenvalue weighted by Crippen LogP contribution is -2.33. The minimum atomic E-state index is -1.15. The van der Waals surface area contributed by atoms with E-state index in [9.17, 15) is 14.0 Å². The van der Waals surface area contributed by atoms with E-state index in [1.54, 1.807) is 48.0 Å². The summed E-state index contributed by atoms with van der Waals surface area (Å²) in [6.07, 6.45) is 0.404. The maximum atomic E-state index is 13.5. The SMILES string of the molecule is CC1(c2ccc(CCC(=O)O)cc2)C(=O)Nc2nc(-c3nn(Cc4ccc(F)cc4)c4cc(Cl)ccc34)nc(N)c21. The van der Waals surface area contributed by atoms with E-state index >= 15 is 0 Å². The number of carbonyl (C=O) groups is 2. The van der Waals surface area contributed by atoms with Crippen LogP contribution in [0.4, 0.5) is 16.0 Å². The molecule has 4 N–H and O–H groups in total. The summed E-state index contributed by atoms with van der Waals surface area (Å²) >= 11 is 6.30. The summed E-state index contributed by atoms with van der Waals surface area (Å²) in [5.41, 5.74) is 9.38. The lowest BCUT2D eigenvalue weighted by Gasteiger charge is -2.23. The van der Waals surface area contributed by atoms with Gasteiger partial charge in [0.1, 0.15) is 28.6 Å². The molecule has 0 saturated carbocycles. The number of nitrogens with one attached hydrogen (secondary N) is 1. The van der Waals surface area contributed by atoms with Crippen LogP contribution in [0.2, 0.25) is 5.02 Å². The maximum absolute atomic E-state index is 13.5. The van der Waals surface area contributed by atoms with Crippen LogP contribution < -0.4 is 11.1 Å². The van der Waals surface area contributed by atoms with Crippen molar-refractivity contribution >= 4 is 46.0 Å². The van der Waals surface area contributed by atoms with Crippen LogP contribution in [0.15, 0.2) is 66.7 Å². The van der Waals surface area contributed by atoms with E-state index in [2.05, 4.69) is 15.3 Å². The Balaban J connectivity index is 1.40. The predicted octanol–water partition coefficient (Wildman–Crippen LogP) is 5.19. The summed E-state index contributed by atoms with van der Waals surface area (Å²) in [5, 5.41) is 17.9. The number of aliphatic carboxylic acids is 1. The van der Waals surface area contributed by atoms with Gasteiger partial charge in [-0.25, -0.2) is 14.4 Å². The van der Waals surface area contributed by atoms with Crippen molar-refractivity contribution in [1.29, 1.82) is 0 Å². The quantitative estimate of drug-likeness (QED) is 0.245. The number of anilines is 2. The summed E-state index contributed by atoms with van der Waals surface area (Å²) in [7, 11) is 0. The number of amides is 1. The molecule has 1 aliphatic rings. The summed E-state index contributed by atoms with van der Waals surface area (Å²) in [4.78, 5) is 33.6. The highest BCUT2D eigenvalue weighted by Gasteiger charge is 2.47. The molecule has 0 radical (unpaired) electrons. The number of nitrogen functional groups attached to an aromatic ring is 1. The van der Waals surface area contributed by atoms with Crippen LogP contribution in [0.1, 0.15) is 35.6 Å². The van der Waals surface area contributed by atoms with Crippen molar-refractivity contribution in [1.82, 2.24) is 19.7 Å². The Hall–Kier alpha value is -4.83. The fourth-order valence-corrected chi connectivity index (χ4v) is 5.41. The molecule has 0 fully saturated rings. The average Bonchev–Trinajstić information content (AvgIpc) is 3.43. The van der Waals surface area contributed by atoms with Crippen molar-refractivity contribution in [3.63, 3.8) is 0 Å². The third kappa shape index (κ3) is 4.66. The Morgan fingerprint density at radius 2 is 1.78 bits per heavy atom. The molecule has 2 aromatic heterocycles. The molecule has 1 unspecified atom stereocenters. The van der Waals surface area contributed by atoms with Crippen LogP contribution >= 0.6 is 11.6 Å². The number of aryl methyl sites for hydroxylation is 1. The number of hydrogen-bond donors (Lipinski definition) is 3. The predicted molar refractivity (Wildman–Crippen MR) is 153 cm³/mol. The molecule has 6 rings (SSSR count). The second kappa shape index (κ2) is 9.97. The van der Waals surface area contributed by atoms with E-state index in [1.807, 2.05) is 18.2 Å². The van der Waals surface area contributed by atoms with Gasteiger partial charge in [0.2, 0.25) is 5.91 Å². The third-order valence-electron chi connectivity index (χ3n) is 7.45. The first kappa shape index (κ1) is 26.4. The van der Waals surface area contributed by atoms with Crippen molar-refractivity contribution in [2.45, 2.75) is 31.7 Å². The first-order chi connectivity index (χ1) is 19.6. The zero-order chi connectivity index (χ0) is 28.9. The average molecular weight is 571 g/mol. The summed E-state index contributed by atoms with van der Waals surface area (Å²) in [6.45, 7) is 2.11. The number of hydrogen-bond acceptors (Lipinski definition) is 6. The Morgan fingerprint density at radius 1 is 1.07 bits per heavy atom. The number of fused-ring (bicyclic) bond motifs is 2. The Labute approximate surface area is 238 Å². The molecule has 1 aliphatic heterocycles. The van der Waals surface area contributed by atoms with Gasteiger partial charge in [0.05, 0.1) is 17.6 Å².